The first-order valence-corrected chi connectivity index (χ1v) is 7.10. The largest absolute Gasteiger partial charge is 0.327 e. The Bertz CT molecular complexity index is 548. The van der Waals surface area contributed by atoms with Crippen LogP contribution in [0.1, 0.15) is 18.9 Å². The van der Waals surface area contributed by atoms with Crippen molar-refractivity contribution >= 4 is 45.2 Å². The Morgan fingerprint density at radius 2 is 2.35 bits per heavy atom. The maximum atomic E-state index is 6.13. The van der Waals surface area contributed by atoms with Crippen molar-refractivity contribution in [3.8, 4) is 0 Å². The molecule has 0 bridgehead atoms. The molecule has 0 amide bonds. The predicted octanol–water partition coefficient (Wildman–Crippen LogP) is 2.61. The molecule has 3 heterocycles. The molecule has 0 aliphatic carbocycles. The molecule has 1 saturated heterocycles. The molecule has 6 heteroatoms. The summed E-state index contributed by atoms with van der Waals surface area (Å²) in [5.41, 5.74) is 0.947. The minimum Gasteiger partial charge on any atom is -0.327 e. The summed E-state index contributed by atoms with van der Waals surface area (Å²) < 4.78 is 3.35. The van der Waals surface area contributed by atoms with E-state index >= 15 is 0 Å². The zero-order chi connectivity index (χ0) is 11.8. The van der Waals surface area contributed by atoms with Crippen LogP contribution in [-0.2, 0) is 0 Å². The van der Waals surface area contributed by atoms with Gasteiger partial charge in [0.15, 0.2) is 0 Å². The SMILES string of the molecule is Clc1ncnc2c1c(I)cn2C1CCCNC1. The molecule has 1 aliphatic rings. The van der Waals surface area contributed by atoms with Gasteiger partial charge in [0, 0.05) is 22.4 Å². The second-order valence-electron chi connectivity index (χ2n) is 4.25. The van der Waals surface area contributed by atoms with Crippen molar-refractivity contribution in [2.75, 3.05) is 13.1 Å². The summed E-state index contributed by atoms with van der Waals surface area (Å²) in [7, 11) is 0. The van der Waals surface area contributed by atoms with E-state index in [1.807, 2.05) is 0 Å². The highest BCUT2D eigenvalue weighted by Gasteiger charge is 2.20. The van der Waals surface area contributed by atoms with Gasteiger partial charge in [-0.25, -0.2) is 9.97 Å². The zero-order valence-corrected chi connectivity index (χ0v) is 12.1. The number of rotatable bonds is 1. The average molecular weight is 363 g/mol. The predicted molar refractivity (Wildman–Crippen MR) is 76.4 cm³/mol. The highest BCUT2D eigenvalue weighted by atomic mass is 127. The summed E-state index contributed by atoms with van der Waals surface area (Å²) in [6.07, 6.45) is 6.06. The fourth-order valence-electron chi connectivity index (χ4n) is 2.35. The molecule has 2 aromatic rings. The highest BCUT2D eigenvalue weighted by Crippen LogP contribution is 2.30. The Balaban J connectivity index is 2.13. The van der Waals surface area contributed by atoms with Crippen LogP contribution >= 0.6 is 34.2 Å². The third-order valence-electron chi connectivity index (χ3n) is 3.18. The van der Waals surface area contributed by atoms with Crippen LogP contribution in [0.2, 0.25) is 5.15 Å². The normalized spacial score (nSPS) is 20.9. The van der Waals surface area contributed by atoms with Crippen LogP contribution in [0, 0.1) is 3.57 Å². The summed E-state index contributed by atoms with van der Waals surface area (Å²) in [5, 5.41) is 4.94. The van der Waals surface area contributed by atoms with Crippen molar-refractivity contribution in [2.24, 2.45) is 0 Å². The molecule has 3 rings (SSSR count). The standard InChI is InChI=1S/C11H12ClIN4/c12-10-9-8(13)5-17(11(9)16-6-15-10)7-2-1-3-14-4-7/h5-7,14H,1-4H2. The molecule has 1 unspecified atom stereocenters. The van der Waals surface area contributed by atoms with Gasteiger partial charge in [0.2, 0.25) is 0 Å². The summed E-state index contributed by atoms with van der Waals surface area (Å²) in [6, 6.07) is 0.473. The van der Waals surface area contributed by atoms with E-state index in [0.717, 1.165) is 27.7 Å². The minimum atomic E-state index is 0.473. The molecule has 2 aromatic heterocycles. The molecule has 1 atom stereocenters. The Hall–Kier alpha value is -0.400. The van der Waals surface area contributed by atoms with Crippen LogP contribution in [0.15, 0.2) is 12.5 Å². The molecule has 1 fully saturated rings. The first-order valence-electron chi connectivity index (χ1n) is 5.64. The van der Waals surface area contributed by atoms with Gasteiger partial charge in [-0.15, -0.1) is 0 Å². The van der Waals surface area contributed by atoms with E-state index in [1.165, 1.54) is 19.2 Å². The minimum absolute atomic E-state index is 0.473. The Morgan fingerprint density at radius 3 is 3.12 bits per heavy atom. The summed E-state index contributed by atoms with van der Waals surface area (Å²) in [6.45, 7) is 2.12. The molecule has 0 saturated carbocycles. The van der Waals surface area contributed by atoms with Crippen molar-refractivity contribution < 1.29 is 0 Å². The number of nitrogens with zero attached hydrogens (tertiary/aromatic N) is 3. The fraction of sp³-hybridized carbons (Fsp3) is 0.455. The Morgan fingerprint density at radius 1 is 1.47 bits per heavy atom. The van der Waals surface area contributed by atoms with Gasteiger partial charge in [0.25, 0.3) is 0 Å². The third kappa shape index (κ3) is 2.04. The van der Waals surface area contributed by atoms with Gasteiger partial charge >= 0.3 is 0 Å². The van der Waals surface area contributed by atoms with E-state index in [1.54, 1.807) is 0 Å². The van der Waals surface area contributed by atoms with Crippen molar-refractivity contribution in [1.29, 1.82) is 0 Å². The second-order valence-corrected chi connectivity index (χ2v) is 5.77. The lowest BCUT2D eigenvalue weighted by molar-refractivity contribution is 0.377. The van der Waals surface area contributed by atoms with Crippen LogP contribution < -0.4 is 5.32 Å². The van der Waals surface area contributed by atoms with Crippen LogP contribution in [0.5, 0.6) is 0 Å². The quantitative estimate of drug-likeness (QED) is 0.626. The summed E-state index contributed by atoms with van der Waals surface area (Å²) in [5.74, 6) is 0. The lowest BCUT2D eigenvalue weighted by Gasteiger charge is -2.24. The molecule has 0 spiro atoms. The van der Waals surface area contributed by atoms with Gasteiger partial charge in [0.1, 0.15) is 17.1 Å². The fourth-order valence-corrected chi connectivity index (χ4v) is 3.54. The van der Waals surface area contributed by atoms with E-state index in [2.05, 4.69) is 48.6 Å². The van der Waals surface area contributed by atoms with Crippen LogP contribution in [-0.4, -0.2) is 27.6 Å². The Kier molecular flexibility index (Phi) is 3.23. The average Bonchev–Trinajstić information content (AvgIpc) is 2.69. The van der Waals surface area contributed by atoms with Gasteiger partial charge in [-0.05, 0) is 42.0 Å². The number of piperidine rings is 1. The maximum Gasteiger partial charge on any atom is 0.146 e. The van der Waals surface area contributed by atoms with Crippen LogP contribution in [0.3, 0.4) is 0 Å². The van der Waals surface area contributed by atoms with Gasteiger partial charge in [0.05, 0.1) is 5.39 Å². The lowest BCUT2D eigenvalue weighted by atomic mass is 10.1. The van der Waals surface area contributed by atoms with E-state index in [-0.39, 0.29) is 0 Å². The lowest BCUT2D eigenvalue weighted by Crippen LogP contribution is -2.31. The number of hydrogen-bond acceptors (Lipinski definition) is 3. The number of nitrogens with one attached hydrogen (secondary N) is 1. The number of hydrogen-bond donors (Lipinski definition) is 1. The van der Waals surface area contributed by atoms with Crippen molar-refractivity contribution in [2.45, 2.75) is 18.9 Å². The molecule has 1 aliphatic heterocycles. The van der Waals surface area contributed by atoms with Gasteiger partial charge < -0.3 is 9.88 Å². The smallest absolute Gasteiger partial charge is 0.146 e. The number of aromatic nitrogens is 3. The first kappa shape index (κ1) is 11.7. The molecule has 0 aromatic carbocycles. The van der Waals surface area contributed by atoms with E-state index in [9.17, 15) is 0 Å². The van der Waals surface area contributed by atoms with Gasteiger partial charge in [-0.1, -0.05) is 11.6 Å². The number of halogens is 2. The van der Waals surface area contributed by atoms with Crippen molar-refractivity contribution in [3.05, 3.63) is 21.2 Å². The second kappa shape index (κ2) is 4.70. The van der Waals surface area contributed by atoms with Gasteiger partial charge in [-0.2, -0.15) is 0 Å². The summed E-state index contributed by atoms with van der Waals surface area (Å²) in [4.78, 5) is 8.42. The highest BCUT2D eigenvalue weighted by molar-refractivity contribution is 14.1. The Labute approximate surface area is 118 Å². The van der Waals surface area contributed by atoms with Crippen LogP contribution in [0.25, 0.3) is 11.0 Å². The zero-order valence-electron chi connectivity index (χ0n) is 9.16. The summed E-state index contributed by atoms with van der Waals surface area (Å²) >= 11 is 8.42. The van der Waals surface area contributed by atoms with Gasteiger partial charge in [-0.3, -0.25) is 0 Å². The molecule has 1 N–H and O–H groups in total. The van der Waals surface area contributed by atoms with Crippen molar-refractivity contribution in [1.82, 2.24) is 19.9 Å². The monoisotopic (exact) mass is 362 g/mol. The molecular formula is C11H12ClIN4. The molecule has 90 valence electrons. The van der Waals surface area contributed by atoms with Crippen molar-refractivity contribution in [3.63, 3.8) is 0 Å². The van der Waals surface area contributed by atoms with E-state index < -0.39 is 0 Å². The maximum absolute atomic E-state index is 6.13. The van der Waals surface area contributed by atoms with Crippen LogP contribution in [0.4, 0.5) is 0 Å². The molecule has 4 nitrogen and oxygen atoms in total. The van der Waals surface area contributed by atoms with E-state index in [4.69, 9.17) is 11.6 Å². The topological polar surface area (TPSA) is 42.7 Å². The number of fused-ring (bicyclic) bond motifs is 1. The molecule has 17 heavy (non-hydrogen) atoms. The third-order valence-corrected chi connectivity index (χ3v) is 4.29. The molecule has 0 radical (unpaired) electrons. The molecular weight excluding hydrogens is 351 g/mol. The first-order chi connectivity index (χ1) is 8.27. The van der Waals surface area contributed by atoms with E-state index in [0.29, 0.717) is 11.2 Å².